The highest BCUT2D eigenvalue weighted by molar-refractivity contribution is 5.88. The Bertz CT molecular complexity index is 357. The lowest BCUT2D eigenvalue weighted by Gasteiger charge is -2.28. The first kappa shape index (κ1) is 12.1. The van der Waals surface area contributed by atoms with Crippen LogP contribution < -0.4 is 0 Å². The summed E-state index contributed by atoms with van der Waals surface area (Å²) in [5.74, 6) is 0.992. The molecule has 1 fully saturated rings. The van der Waals surface area contributed by atoms with Crippen LogP contribution in [0.1, 0.15) is 12.8 Å². The fraction of sp³-hybridized carbons (Fsp3) is 0.455. The first-order chi connectivity index (χ1) is 7.58. The molecule has 1 heterocycles. The zero-order valence-corrected chi connectivity index (χ0v) is 8.81. The van der Waals surface area contributed by atoms with Crippen molar-refractivity contribution in [3.63, 3.8) is 0 Å². The van der Waals surface area contributed by atoms with Gasteiger partial charge in [0.2, 0.25) is 5.54 Å². The molecule has 5 heteroatoms. The van der Waals surface area contributed by atoms with Crippen LogP contribution in [0.5, 0.6) is 0 Å². The van der Waals surface area contributed by atoms with Gasteiger partial charge in [0.15, 0.2) is 0 Å². The smallest absolute Gasteiger partial charge is 0.411 e. The molecule has 16 heavy (non-hydrogen) atoms. The van der Waals surface area contributed by atoms with Crippen LogP contribution in [0.2, 0.25) is 0 Å². The molecule has 1 N–H and O–H groups in total. The molecule has 0 aromatic carbocycles. The summed E-state index contributed by atoms with van der Waals surface area (Å²) in [4.78, 5) is 23.8. The van der Waals surface area contributed by atoms with Crippen LogP contribution in [-0.4, -0.2) is 40.8 Å². The fourth-order valence-corrected chi connectivity index (χ4v) is 1.71. The van der Waals surface area contributed by atoms with Crippen molar-refractivity contribution in [3.8, 4) is 12.3 Å². The molecular formula is C11H13NO4. The molecule has 0 unspecified atom stereocenters. The summed E-state index contributed by atoms with van der Waals surface area (Å²) in [6, 6.07) is 0. The predicted octanol–water partition coefficient (Wildman–Crippen LogP) is 0.861. The monoisotopic (exact) mass is 223 g/mol. The number of ether oxygens (including phenoxy) is 1. The van der Waals surface area contributed by atoms with E-state index in [1.807, 2.05) is 0 Å². The lowest BCUT2D eigenvalue weighted by molar-refractivity contribution is -0.145. The average Bonchev–Trinajstić information content (AvgIpc) is 2.70. The van der Waals surface area contributed by atoms with Crippen molar-refractivity contribution >= 4 is 12.1 Å². The number of rotatable bonds is 3. The highest BCUT2D eigenvalue weighted by Crippen LogP contribution is 2.29. The fourth-order valence-electron chi connectivity index (χ4n) is 1.71. The largest absolute Gasteiger partial charge is 0.479 e. The van der Waals surface area contributed by atoms with E-state index >= 15 is 0 Å². The Labute approximate surface area is 93.7 Å². The third kappa shape index (κ3) is 1.87. The summed E-state index contributed by atoms with van der Waals surface area (Å²) in [7, 11) is 0. The summed E-state index contributed by atoms with van der Waals surface area (Å²) in [5, 5.41) is 9.10. The van der Waals surface area contributed by atoms with Gasteiger partial charge in [0.1, 0.15) is 6.61 Å². The molecule has 86 valence electrons. The van der Waals surface area contributed by atoms with Gasteiger partial charge in [0, 0.05) is 6.54 Å². The molecule has 1 aliphatic rings. The van der Waals surface area contributed by atoms with Gasteiger partial charge in [-0.2, -0.15) is 0 Å². The summed E-state index contributed by atoms with van der Waals surface area (Å²) < 4.78 is 4.79. The lowest BCUT2D eigenvalue weighted by atomic mass is 9.98. The third-order valence-corrected chi connectivity index (χ3v) is 2.52. The lowest BCUT2D eigenvalue weighted by Crippen LogP contribution is -2.52. The zero-order chi connectivity index (χ0) is 12.2. The van der Waals surface area contributed by atoms with E-state index in [-0.39, 0.29) is 13.0 Å². The second-order valence-electron chi connectivity index (χ2n) is 3.43. The van der Waals surface area contributed by atoms with Crippen LogP contribution in [0.4, 0.5) is 4.79 Å². The second kappa shape index (κ2) is 4.71. The molecule has 0 saturated carbocycles. The zero-order valence-electron chi connectivity index (χ0n) is 8.81. The van der Waals surface area contributed by atoms with E-state index in [1.165, 1.54) is 6.08 Å². The maximum Gasteiger partial charge on any atom is 0.411 e. The molecule has 5 nitrogen and oxygen atoms in total. The average molecular weight is 223 g/mol. The minimum atomic E-state index is -1.56. The number of likely N-dealkylation sites (tertiary alicyclic amines) is 1. The highest BCUT2D eigenvalue weighted by Gasteiger charge is 2.49. The molecule has 1 amide bonds. The molecule has 0 aromatic heterocycles. The predicted molar refractivity (Wildman–Crippen MR) is 56.7 cm³/mol. The normalized spacial score (nSPS) is 23.6. The van der Waals surface area contributed by atoms with Gasteiger partial charge in [-0.3, -0.25) is 4.90 Å². The Kier molecular flexibility index (Phi) is 3.56. The van der Waals surface area contributed by atoms with Crippen molar-refractivity contribution in [1.29, 1.82) is 0 Å². The molecule has 0 bridgehead atoms. The number of nitrogens with zero attached hydrogens (tertiary/aromatic N) is 1. The summed E-state index contributed by atoms with van der Waals surface area (Å²) in [6.45, 7) is 3.73. The topological polar surface area (TPSA) is 66.8 Å². The second-order valence-corrected chi connectivity index (χ2v) is 3.43. The van der Waals surface area contributed by atoms with Crippen LogP contribution in [-0.2, 0) is 9.53 Å². The number of carbonyl (C=O) groups is 2. The van der Waals surface area contributed by atoms with Crippen LogP contribution in [0, 0.1) is 12.3 Å². The SMILES string of the molecule is C#C[C@]1(C(=O)O)CCCN1C(=O)OCC=C. The Balaban J connectivity index is 2.87. The van der Waals surface area contributed by atoms with Crippen molar-refractivity contribution in [2.24, 2.45) is 0 Å². The first-order valence-corrected chi connectivity index (χ1v) is 4.85. The van der Waals surface area contributed by atoms with Gasteiger partial charge < -0.3 is 9.84 Å². The number of carboxylic acid groups (broad SMARTS) is 1. The van der Waals surface area contributed by atoms with Crippen molar-refractivity contribution < 1.29 is 19.4 Å². The molecule has 0 radical (unpaired) electrons. The van der Waals surface area contributed by atoms with Gasteiger partial charge in [-0.25, -0.2) is 9.59 Å². The van der Waals surface area contributed by atoms with Crippen LogP contribution in [0.15, 0.2) is 12.7 Å². The van der Waals surface area contributed by atoms with Gasteiger partial charge in [-0.15, -0.1) is 6.42 Å². The molecule has 0 aliphatic carbocycles. The van der Waals surface area contributed by atoms with Gasteiger partial charge in [0.25, 0.3) is 0 Å². The van der Waals surface area contributed by atoms with E-state index < -0.39 is 17.6 Å². The van der Waals surface area contributed by atoms with E-state index in [9.17, 15) is 9.59 Å². The third-order valence-electron chi connectivity index (χ3n) is 2.52. The molecule has 1 rings (SSSR count). The number of hydrogen-bond donors (Lipinski definition) is 1. The first-order valence-electron chi connectivity index (χ1n) is 4.85. The van der Waals surface area contributed by atoms with Gasteiger partial charge in [-0.1, -0.05) is 18.6 Å². The molecule has 1 atom stereocenters. The van der Waals surface area contributed by atoms with Gasteiger partial charge >= 0.3 is 12.1 Å². The van der Waals surface area contributed by atoms with Crippen molar-refractivity contribution in [3.05, 3.63) is 12.7 Å². The van der Waals surface area contributed by atoms with Gasteiger partial charge in [-0.05, 0) is 12.8 Å². The van der Waals surface area contributed by atoms with E-state index in [0.717, 1.165) is 4.90 Å². The minimum absolute atomic E-state index is 0.0373. The maximum atomic E-state index is 11.6. The Morgan fingerprint density at radius 3 is 2.88 bits per heavy atom. The number of terminal acetylenes is 1. The standard InChI is InChI=1S/C11H13NO4/c1-3-8-16-10(15)12-7-5-6-11(12,4-2)9(13)14/h2-3H,1,5-8H2,(H,13,14)/t11-/m1/s1. The van der Waals surface area contributed by atoms with Crippen molar-refractivity contribution in [2.45, 2.75) is 18.4 Å². The molecule has 1 aliphatic heterocycles. The number of aliphatic carboxylic acids is 1. The molecular weight excluding hydrogens is 210 g/mol. The van der Waals surface area contributed by atoms with Crippen LogP contribution in [0.25, 0.3) is 0 Å². The summed E-state index contributed by atoms with van der Waals surface area (Å²) in [6.07, 6.45) is 6.73. The Morgan fingerprint density at radius 1 is 1.69 bits per heavy atom. The van der Waals surface area contributed by atoms with E-state index in [4.69, 9.17) is 16.3 Å². The van der Waals surface area contributed by atoms with E-state index in [1.54, 1.807) is 0 Å². The van der Waals surface area contributed by atoms with Crippen LogP contribution >= 0.6 is 0 Å². The quantitative estimate of drug-likeness (QED) is 0.569. The maximum absolute atomic E-state index is 11.6. The van der Waals surface area contributed by atoms with E-state index in [2.05, 4.69) is 12.5 Å². The number of hydrogen-bond acceptors (Lipinski definition) is 3. The molecule has 1 saturated heterocycles. The number of amides is 1. The van der Waals surface area contributed by atoms with Gasteiger partial charge in [0.05, 0.1) is 0 Å². The van der Waals surface area contributed by atoms with Crippen molar-refractivity contribution in [2.75, 3.05) is 13.2 Å². The molecule has 0 aromatic rings. The summed E-state index contributed by atoms with van der Waals surface area (Å²) in [5.41, 5.74) is -1.56. The Hall–Kier alpha value is -1.96. The summed E-state index contributed by atoms with van der Waals surface area (Å²) >= 11 is 0. The van der Waals surface area contributed by atoms with Crippen molar-refractivity contribution in [1.82, 2.24) is 4.90 Å². The Morgan fingerprint density at radius 2 is 2.38 bits per heavy atom. The molecule has 0 spiro atoms. The number of carboxylic acids is 1. The van der Waals surface area contributed by atoms with Crippen LogP contribution in [0.3, 0.4) is 0 Å². The highest BCUT2D eigenvalue weighted by atomic mass is 16.6. The minimum Gasteiger partial charge on any atom is -0.479 e. The van der Waals surface area contributed by atoms with E-state index in [0.29, 0.717) is 13.0 Å². The number of carbonyl (C=O) groups excluding carboxylic acids is 1.